The van der Waals surface area contributed by atoms with Crippen molar-refractivity contribution >= 4 is 10.8 Å². The molecule has 0 unspecified atom stereocenters. The molecule has 0 atom stereocenters. The Morgan fingerprint density at radius 1 is 0.529 bits per heavy atom. The number of hydrogen-bond acceptors (Lipinski definition) is 0. The highest BCUT2D eigenvalue weighted by atomic mass is 14.3. The van der Waals surface area contributed by atoms with E-state index in [0.29, 0.717) is 0 Å². The van der Waals surface area contributed by atoms with Crippen LogP contribution in [0.4, 0.5) is 0 Å². The molecule has 2 aliphatic carbocycles. The summed E-state index contributed by atoms with van der Waals surface area (Å²) in [5.74, 6) is 13.7. The van der Waals surface area contributed by atoms with Crippen molar-refractivity contribution in [3.05, 3.63) is 94.1 Å². The molecule has 0 saturated carbocycles. The van der Waals surface area contributed by atoms with Crippen molar-refractivity contribution in [1.82, 2.24) is 0 Å². The minimum Gasteiger partial charge on any atom is -0.0830 e. The number of rotatable bonds is 0. The van der Waals surface area contributed by atoms with E-state index in [4.69, 9.17) is 0 Å². The van der Waals surface area contributed by atoms with Gasteiger partial charge in [0.05, 0.1) is 0 Å². The topological polar surface area (TPSA) is 0 Å². The van der Waals surface area contributed by atoms with Crippen molar-refractivity contribution in [3.8, 4) is 23.7 Å². The van der Waals surface area contributed by atoms with E-state index in [2.05, 4.69) is 126 Å². The standard InChI is InChI=1S/C34H36/c1-33(2,3)31-23-27(19-17-25-13-9-7-10-14-25)22-30-29(31)21-28(24-32(30)34(4,5)6)20-18-26-15-11-8-12-16-26/h9,11,13-16,21-24H,7-8,10,12H2,1-6H3. The summed E-state index contributed by atoms with van der Waals surface area (Å²) in [4.78, 5) is 0. The van der Waals surface area contributed by atoms with Crippen LogP contribution < -0.4 is 0 Å². The van der Waals surface area contributed by atoms with Gasteiger partial charge in [-0.05, 0) is 82.7 Å². The fourth-order valence-corrected chi connectivity index (χ4v) is 4.55. The molecule has 4 rings (SSSR count). The van der Waals surface area contributed by atoms with Crippen LogP contribution in [-0.2, 0) is 10.8 Å². The van der Waals surface area contributed by atoms with Gasteiger partial charge in [0.1, 0.15) is 0 Å². The van der Waals surface area contributed by atoms with Crippen LogP contribution in [0.25, 0.3) is 10.8 Å². The predicted octanol–water partition coefficient (Wildman–Crippen LogP) is 8.69. The molecule has 2 aromatic carbocycles. The molecule has 0 aromatic heterocycles. The van der Waals surface area contributed by atoms with Gasteiger partial charge in [0.15, 0.2) is 0 Å². The van der Waals surface area contributed by atoms with E-state index < -0.39 is 0 Å². The zero-order valence-electron chi connectivity index (χ0n) is 21.6. The highest BCUT2D eigenvalue weighted by molar-refractivity contribution is 5.93. The van der Waals surface area contributed by atoms with Crippen LogP contribution >= 0.6 is 0 Å². The second kappa shape index (κ2) is 9.57. The zero-order valence-corrected chi connectivity index (χ0v) is 21.6. The monoisotopic (exact) mass is 444 g/mol. The summed E-state index contributed by atoms with van der Waals surface area (Å²) in [7, 11) is 0. The molecule has 0 saturated heterocycles. The van der Waals surface area contributed by atoms with Crippen LogP contribution in [-0.4, -0.2) is 0 Å². The van der Waals surface area contributed by atoms with E-state index >= 15 is 0 Å². The molecule has 34 heavy (non-hydrogen) atoms. The Labute approximate surface area is 206 Å². The fraction of sp³-hybridized carbons (Fsp3) is 0.353. The lowest BCUT2D eigenvalue weighted by molar-refractivity contribution is 0.590. The molecular weight excluding hydrogens is 408 g/mol. The van der Waals surface area contributed by atoms with Gasteiger partial charge >= 0.3 is 0 Å². The first kappa shape index (κ1) is 23.9. The largest absolute Gasteiger partial charge is 0.0830 e. The first-order chi connectivity index (χ1) is 16.1. The van der Waals surface area contributed by atoms with Crippen molar-refractivity contribution < 1.29 is 0 Å². The Bertz CT molecular complexity index is 1240. The van der Waals surface area contributed by atoms with Crippen LogP contribution in [0.5, 0.6) is 0 Å². The molecule has 0 spiro atoms. The number of hydrogen-bond donors (Lipinski definition) is 0. The summed E-state index contributed by atoms with van der Waals surface area (Å²) in [6, 6.07) is 9.15. The molecule has 0 aliphatic heterocycles. The summed E-state index contributed by atoms with van der Waals surface area (Å²) < 4.78 is 0. The summed E-state index contributed by atoms with van der Waals surface area (Å²) in [5.41, 5.74) is 7.05. The summed E-state index contributed by atoms with van der Waals surface area (Å²) in [6.07, 6.45) is 17.6. The van der Waals surface area contributed by atoms with Crippen molar-refractivity contribution in [2.24, 2.45) is 0 Å². The molecule has 0 bridgehead atoms. The quantitative estimate of drug-likeness (QED) is 0.356. The van der Waals surface area contributed by atoms with Crippen LogP contribution in [0.15, 0.2) is 71.9 Å². The lowest BCUT2D eigenvalue weighted by atomic mass is 9.77. The average molecular weight is 445 g/mol. The van der Waals surface area contributed by atoms with E-state index in [0.717, 1.165) is 48.0 Å². The van der Waals surface area contributed by atoms with Crippen molar-refractivity contribution in [1.29, 1.82) is 0 Å². The lowest BCUT2D eigenvalue weighted by Gasteiger charge is -2.27. The second-order valence-corrected chi connectivity index (χ2v) is 11.4. The first-order valence-electron chi connectivity index (χ1n) is 12.5. The van der Waals surface area contributed by atoms with Gasteiger partial charge in [-0.1, -0.05) is 102 Å². The molecule has 0 fully saturated rings. The van der Waals surface area contributed by atoms with E-state index in [9.17, 15) is 0 Å². The molecule has 172 valence electrons. The molecule has 2 aromatic rings. The van der Waals surface area contributed by atoms with Gasteiger partial charge in [-0.2, -0.15) is 0 Å². The maximum Gasteiger partial charge on any atom is 0.0258 e. The third kappa shape index (κ3) is 5.64. The Morgan fingerprint density at radius 2 is 0.941 bits per heavy atom. The Hall–Kier alpha value is -3.22. The van der Waals surface area contributed by atoms with Gasteiger partial charge in [0, 0.05) is 22.3 Å². The van der Waals surface area contributed by atoms with E-state index in [1.54, 1.807) is 0 Å². The van der Waals surface area contributed by atoms with Crippen LogP contribution in [0.2, 0.25) is 0 Å². The van der Waals surface area contributed by atoms with E-state index in [-0.39, 0.29) is 10.8 Å². The highest BCUT2D eigenvalue weighted by Crippen LogP contribution is 2.37. The Balaban J connectivity index is 1.92. The normalized spacial score (nSPS) is 15.7. The Morgan fingerprint density at radius 3 is 1.26 bits per heavy atom. The van der Waals surface area contributed by atoms with Crippen molar-refractivity contribution in [2.75, 3.05) is 0 Å². The molecule has 0 amide bonds. The summed E-state index contributed by atoms with van der Waals surface area (Å²) in [6.45, 7) is 13.7. The van der Waals surface area contributed by atoms with Crippen LogP contribution in [0.1, 0.15) is 89.5 Å². The molecule has 0 nitrogen and oxygen atoms in total. The minimum absolute atomic E-state index is 0.00418. The van der Waals surface area contributed by atoms with E-state index in [1.807, 2.05) is 0 Å². The molecule has 2 aliphatic rings. The van der Waals surface area contributed by atoms with Crippen molar-refractivity contribution in [2.45, 2.75) is 78.1 Å². The van der Waals surface area contributed by atoms with Gasteiger partial charge in [-0.25, -0.2) is 0 Å². The molecule has 0 heterocycles. The molecule has 0 heteroatoms. The molecule has 0 N–H and O–H groups in total. The first-order valence-corrected chi connectivity index (χ1v) is 12.5. The second-order valence-electron chi connectivity index (χ2n) is 11.4. The van der Waals surface area contributed by atoms with Gasteiger partial charge in [-0.3, -0.25) is 0 Å². The third-order valence-electron chi connectivity index (χ3n) is 6.38. The zero-order chi connectivity index (χ0) is 24.3. The van der Waals surface area contributed by atoms with E-state index in [1.165, 1.54) is 21.9 Å². The maximum atomic E-state index is 3.47. The average Bonchev–Trinajstić information content (AvgIpc) is 2.80. The van der Waals surface area contributed by atoms with Crippen LogP contribution in [0, 0.1) is 23.7 Å². The fourth-order valence-electron chi connectivity index (χ4n) is 4.55. The SMILES string of the molecule is CC(C)(C)c1cc(C#CC2=CCCC=C2)cc2c(C(C)(C)C)cc(C#CC3=CCCC=C3)cc12. The number of benzene rings is 2. The summed E-state index contributed by atoms with van der Waals surface area (Å²) >= 11 is 0. The molecule has 0 radical (unpaired) electrons. The highest BCUT2D eigenvalue weighted by Gasteiger charge is 2.23. The maximum absolute atomic E-state index is 3.47. The molecular formula is C34H36. The minimum atomic E-state index is -0.00418. The van der Waals surface area contributed by atoms with Gasteiger partial charge in [0.2, 0.25) is 0 Å². The number of allylic oxidation sites excluding steroid dienone is 8. The lowest BCUT2D eigenvalue weighted by Crippen LogP contribution is -2.16. The van der Waals surface area contributed by atoms with Gasteiger partial charge < -0.3 is 0 Å². The number of fused-ring (bicyclic) bond motifs is 1. The van der Waals surface area contributed by atoms with Crippen LogP contribution in [0.3, 0.4) is 0 Å². The predicted molar refractivity (Wildman–Crippen MR) is 148 cm³/mol. The summed E-state index contributed by atoms with van der Waals surface area (Å²) in [5, 5.41) is 2.58. The third-order valence-corrected chi connectivity index (χ3v) is 6.38. The van der Waals surface area contributed by atoms with Crippen molar-refractivity contribution in [3.63, 3.8) is 0 Å². The van der Waals surface area contributed by atoms with Gasteiger partial charge in [-0.15, -0.1) is 0 Å². The smallest absolute Gasteiger partial charge is 0.0258 e. The Kier molecular flexibility index (Phi) is 6.73. The van der Waals surface area contributed by atoms with Gasteiger partial charge in [0.25, 0.3) is 0 Å².